The Hall–Kier alpha value is -1.09. The van der Waals surface area contributed by atoms with Gasteiger partial charge in [-0.3, -0.25) is 0 Å². The fourth-order valence-corrected chi connectivity index (χ4v) is 2.30. The summed E-state index contributed by atoms with van der Waals surface area (Å²) in [4.78, 5) is 6.81. The molecule has 0 aromatic carbocycles. The molecule has 2 N–H and O–H groups in total. The summed E-state index contributed by atoms with van der Waals surface area (Å²) in [5.41, 5.74) is 6.81. The fourth-order valence-electron chi connectivity index (χ4n) is 2.30. The molecule has 1 aromatic rings. The first-order valence-electron chi connectivity index (χ1n) is 6.10. The van der Waals surface area contributed by atoms with Crippen LogP contribution < -0.4 is 10.6 Å². The smallest absolute Gasteiger partial charge is 0.128 e. The number of pyridine rings is 1. The summed E-state index contributed by atoms with van der Waals surface area (Å²) in [5.74, 6) is 2.66. The highest BCUT2D eigenvalue weighted by atomic mass is 15.2. The first-order chi connectivity index (χ1) is 7.70. The van der Waals surface area contributed by atoms with Gasteiger partial charge in [-0.15, -0.1) is 0 Å². The van der Waals surface area contributed by atoms with E-state index < -0.39 is 0 Å². The summed E-state index contributed by atoms with van der Waals surface area (Å²) in [6.45, 7) is 7.47. The third-order valence-electron chi connectivity index (χ3n) is 3.54. The minimum Gasteiger partial charge on any atom is -0.356 e. The van der Waals surface area contributed by atoms with Crippen molar-refractivity contribution in [1.29, 1.82) is 0 Å². The zero-order valence-corrected chi connectivity index (χ0v) is 10.2. The van der Waals surface area contributed by atoms with Gasteiger partial charge in [0, 0.05) is 25.8 Å². The second-order valence-corrected chi connectivity index (χ2v) is 4.97. The molecule has 1 atom stereocenters. The third kappa shape index (κ3) is 2.35. The summed E-state index contributed by atoms with van der Waals surface area (Å²) in [7, 11) is 0. The normalized spacial score (nSPS) is 20.8. The van der Waals surface area contributed by atoms with Gasteiger partial charge < -0.3 is 10.6 Å². The van der Waals surface area contributed by atoms with Gasteiger partial charge in [0.05, 0.1) is 0 Å². The van der Waals surface area contributed by atoms with Crippen LogP contribution in [0.4, 0.5) is 5.82 Å². The van der Waals surface area contributed by atoms with Crippen molar-refractivity contribution in [2.75, 3.05) is 18.0 Å². The van der Waals surface area contributed by atoms with Crippen LogP contribution in [0.1, 0.15) is 25.8 Å². The topological polar surface area (TPSA) is 42.1 Å². The lowest BCUT2D eigenvalue weighted by atomic mass is 9.95. The summed E-state index contributed by atoms with van der Waals surface area (Å²) >= 11 is 0. The molecule has 1 aromatic heterocycles. The van der Waals surface area contributed by atoms with Gasteiger partial charge >= 0.3 is 0 Å². The molecule has 88 valence electrons. The van der Waals surface area contributed by atoms with E-state index in [4.69, 9.17) is 5.73 Å². The van der Waals surface area contributed by atoms with E-state index in [0.717, 1.165) is 36.3 Å². The first kappa shape index (κ1) is 11.4. The van der Waals surface area contributed by atoms with Crippen LogP contribution in [-0.4, -0.2) is 18.1 Å². The number of hydrogen-bond donors (Lipinski definition) is 1. The lowest BCUT2D eigenvalue weighted by molar-refractivity contribution is 0.422. The van der Waals surface area contributed by atoms with Crippen LogP contribution >= 0.6 is 0 Å². The lowest BCUT2D eigenvalue weighted by Gasteiger charge is -2.19. The van der Waals surface area contributed by atoms with E-state index in [2.05, 4.69) is 29.8 Å². The molecule has 1 saturated heterocycles. The molecule has 1 aliphatic heterocycles. The summed E-state index contributed by atoms with van der Waals surface area (Å²) < 4.78 is 0. The highest BCUT2D eigenvalue weighted by molar-refractivity contribution is 5.42. The number of hydrogen-bond acceptors (Lipinski definition) is 3. The van der Waals surface area contributed by atoms with Crippen molar-refractivity contribution in [2.24, 2.45) is 17.6 Å². The molecule has 0 radical (unpaired) electrons. The molecular weight excluding hydrogens is 198 g/mol. The average molecular weight is 219 g/mol. The number of nitrogens with zero attached hydrogens (tertiary/aromatic N) is 2. The van der Waals surface area contributed by atoms with Crippen LogP contribution in [0.3, 0.4) is 0 Å². The van der Waals surface area contributed by atoms with Crippen molar-refractivity contribution < 1.29 is 0 Å². The SMILES string of the molecule is CC(C)C1CCN(c2cc(CN)ccn2)C1. The predicted molar refractivity (Wildman–Crippen MR) is 67.3 cm³/mol. The molecule has 0 spiro atoms. The van der Waals surface area contributed by atoms with Crippen LogP contribution in [0.5, 0.6) is 0 Å². The van der Waals surface area contributed by atoms with Gasteiger partial charge in [-0.05, 0) is 36.0 Å². The quantitative estimate of drug-likeness (QED) is 0.845. The molecule has 1 fully saturated rings. The molecule has 2 heterocycles. The highest BCUT2D eigenvalue weighted by Crippen LogP contribution is 2.27. The molecule has 0 bridgehead atoms. The van der Waals surface area contributed by atoms with Gasteiger partial charge in [-0.1, -0.05) is 13.8 Å². The van der Waals surface area contributed by atoms with Crippen LogP contribution in [0.25, 0.3) is 0 Å². The standard InChI is InChI=1S/C13H21N3/c1-10(2)12-4-6-16(9-12)13-7-11(8-14)3-5-15-13/h3,5,7,10,12H,4,6,8-9,14H2,1-2H3. The van der Waals surface area contributed by atoms with Gasteiger partial charge in [-0.2, -0.15) is 0 Å². The van der Waals surface area contributed by atoms with Crippen molar-refractivity contribution >= 4 is 5.82 Å². The first-order valence-corrected chi connectivity index (χ1v) is 6.10. The second kappa shape index (κ2) is 4.83. The molecule has 16 heavy (non-hydrogen) atoms. The van der Waals surface area contributed by atoms with E-state index in [0.29, 0.717) is 6.54 Å². The van der Waals surface area contributed by atoms with Crippen LogP contribution in [0.2, 0.25) is 0 Å². The maximum Gasteiger partial charge on any atom is 0.128 e. The van der Waals surface area contributed by atoms with Crippen molar-refractivity contribution in [3.05, 3.63) is 23.9 Å². The summed E-state index contributed by atoms with van der Waals surface area (Å²) in [6.07, 6.45) is 3.15. The second-order valence-electron chi connectivity index (χ2n) is 4.97. The molecule has 3 nitrogen and oxygen atoms in total. The summed E-state index contributed by atoms with van der Waals surface area (Å²) in [6, 6.07) is 4.10. The Labute approximate surface area is 97.7 Å². The van der Waals surface area contributed by atoms with Crippen molar-refractivity contribution in [2.45, 2.75) is 26.8 Å². The molecule has 2 rings (SSSR count). The largest absolute Gasteiger partial charge is 0.356 e. The van der Waals surface area contributed by atoms with Gasteiger partial charge in [0.1, 0.15) is 5.82 Å². The fraction of sp³-hybridized carbons (Fsp3) is 0.615. The van der Waals surface area contributed by atoms with E-state index in [-0.39, 0.29) is 0 Å². The molecule has 0 saturated carbocycles. The van der Waals surface area contributed by atoms with Crippen LogP contribution in [0.15, 0.2) is 18.3 Å². The van der Waals surface area contributed by atoms with Crippen molar-refractivity contribution in [3.63, 3.8) is 0 Å². The van der Waals surface area contributed by atoms with E-state index in [1.807, 2.05) is 12.3 Å². The molecule has 3 heteroatoms. The maximum atomic E-state index is 5.65. The Kier molecular flexibility index (Phi) is 3.44. The Bertz CT molecular complexity index is 349. The van der Waals surface area contributed by atoms with E-state index in [9.17, 15) is 0 Å². The average Bonchev–Trinajstić information content (AvgIpc) is 2.78. The van der Waals surface area contributed by atoms with Gasteiger partial charge in [0.15, 0.2) is 0 Å². The molecule has 0 aliphatic carbocycles. The molecule has 0 amide bonds. The monoisotopic (exact) mass is 219 g/mol. The van der Waals surface area contributed by atoms with Crippen molar-refractivity contribution in [3.8, 4) is 0 Å². The van der Waals surface area contributed by atoms with Crippen LogP contribution in [-0.2, 0) is 6.54 Å². The summed E-state index contributed by atoms with van der Waals surface area (Å²) in [5, 5.41) is 0. The zero-order chi connectivity index (χ0) is 11.5. The Balaban J connectivity index is 2.08. The minimum atomic E-state index is 0.594. The van der Waals surface area contributed by atoms with E-state index in [1.165, 1.54) is 6.42 Å². The van der Waals surface area contributed by atoms with E-state index in [1.54, 1.807) is 0 Å². The minimum absolute atomic E-state index is 0.594. The highest BCUT2D eigenvalue weighted by Gasteiger charge is 2.25. The third-order valence-corrected chi connectivity index (χ3v) is 3.54. The van der Waals surface area contributed by atoms with E-state index >= 15 is 0 Å². The number of rotatable bonds is 3. The van der Waals surface area contributed by atoms with Gasteiger partial charge in [-0.25, -0.2) is 4.98 Å². The predicted octanol–water partition coefficient (Wildman–Crippen LogP) is 2.02. The number of nitrogens with two attached hydrogens (primary N) is 1. The van der Waals surface area contributed by atoms with Crippen molar-refractivity contribution in [1.82, 2.24) is 4.98 Å². The Morgan fingerprint density at radius 3 is 3.00 bits per heavy atom. The van der Waals surface area contributed by atoms with Gasteiger partial charge in [0.2, 0.25) is 0 Å². The Morgan fingerprint density at radius 2 is 2.38 bits per heavy atom. The van der Waals surface area contributed by atoms with Gasteiger partial charge in [0.25, 0.3) is 0 Å². The number of aromatic nitrogens is 1. The molecule has 1 unspecified atom stereocenters. The van der Waals surface area contributed by atoms with Crippen LogP contribution in [0, 0.1) is 11.8 Å². The Morgan fingerprint density at radius 1 is 1.56 bits per heavy atom. The maximum absolute atomic E-state index is 5.65. The lowest BCUT2D eigenvalue weighted by Crippen LogP contribution is -2.22. The molecule has 1 aliphatic rings. The molecular formula is C13H21N3. The zero-order valence-electron chi connectivity index (χ0n) is 10.2. The number of anilines is 1.